The summed E-state index contributed by atoms with van der Waals surface area (Å²) in [7, 11) is 0. The summed E-state index contributed by atoms with van der Waals surface area (Å²) >= 11 is 0. The normalized spacial score (nSPS) is 14.0. The average molecular weight is 323 g/mol. The van der Waals surface area contributed by atoms with Gasteiger partial charge < -0.3 is 20.3 Å². The molecule has 0 fully saturated rings. The maximum atomic E-state index is 11.7. The van der Waals surface area contributed by atoms with Gasteiger partial charge in [0.25, 0.3) is 0 Å². The fourth-order valence-electron chi connectivity index (χ4n) is 1.53. The Kier molecular flexibility index (Phi) is 6.86. The van der Waals surface area contributed by atoms with E-state index < -0.39 is 42.5 Å². The largest absolute Gasteiger partial charge is 0.461 e. The number of carbonyl (C=O) groups excluding carboxylic acids is 3. The van der Waals surface area contributed by atoms with E-state index in [4.69, 9.17) is 18.3 Å². The summed E-state index contributed by atoms with van der Waals surface area (Å²) in [5.74, 6) is -2.96. The average Bonchev–Trinajstić information content (AvgIpc) is 2.63. The Labute approximate surface area is 136 Å². The Morgan fingerprint density at radius 1 is 1.17 bits per heavy atom. The molecule has 1 rings (SSSR count). The molecule has 1 atom stereocenters. The Morgan fingerprint density at radius 2 is 1.83 bits per heavy atom. The number of esters is 2. The first-order chi connectivity index (χ1) is 11.9. The number of nitrogens with two attached hydrogens (primary N) is 1. The van der Waals surface area contributed by atoms with Gasteiger partial charge in [0.05, 0.1) is 2.74 Å². The van der Waals surface area contributed by atoms with Crippen molar-refractivity contribution in [2.45, 2.75) is 12.5 Å². The molecule has 0 saturated carbocycles. The van der Waals surface area contributed by atoms with Crippen molar-refractivity contribution in [1.29, 1.82) is 0 Å². The molecule has 7 heteroatoms. The van der Waals surface area contributed by atoms with Crippen molar-refractivity contribution in [2.24, 2.45) is 5.73 Å². The molecule has 7 nitrogen and oxygen atoms in total. The predicted molar refractivity (Wildman–Crippen MR) is 81.3 cm³/mol. The summed E-state index contributed by atoms with van der Waals surface area (Å²) < 4.78 is 24.0. The van der Waals surface area contributed by atoms with E-state index in [1.54, 1.807) is 0 Å². The van der Waals surface area contributed by atoms with E-state index in [-0.39, 0.29) is 13.2 Å². The third kappa shape index (κ3) is 7.89. The minimum absolute atomic E-state index is 0.276. The molecule has 0 spiro atoms. The Morgan fingerprint density at radius 3 is 2.48 bits per heavy atom. The minimum Gasteiger partial charge on any atom is -0.461 e. The molecule has 0 aliphatic heterocycles. The second-order valence-corrected chi connectivity index (χ2v) is 4.43. The fourth-order valence-corrected chi connectivity index (χ4v) is 1.53. The molecule has 0 aliphatic rings. The summed E-state index contributed by atoms with van der Waals surface area (Å²) in [6.45, 7) is -1.61. The third-order valence-corrected chi connectivity index (χ3v) is 2.61. The van der Waals surface area contributed by atoms with Crippen LogP contribution in [0.15, 0.2) is 42.4 Å². The summed E-state index contributed by atoms with van der Waals surface area (Å²) in [5.41, 5.74) is 6.60. The number of aliphatic hydroxyl groups excluding tert-OH is 1. The number of ketones is 1. The van der Waals surface area contributed by atoms with Gasteiger partial charge in [-0.05, 0) is 18.0 Å². The lowest BCUT2D eigenvalue weighted by molar-refractivity contribution is -0.150. The zero-order valence-electron chi connectivity index (χ0n) is 14.4. The SMILES string of the molecule is [2H]/C(C(=O)CO)=C(/[2H])C(=O)OCCOC(=O)[C@@H](N)Cc1ccccc1. The molecule has 0 radical (unpaired) electrons. The van der Waals surface area contributed by atoms with E-state index in [2.05, 4.69) is 4.74 Å². The lowest BCUT2D eigenvalue weighted by atomic mass is 10.1. The van der Waals surface area contributed by atoms with E-state index in [0.29, 0.717) is 6.42 Å². The molecule has 0 amide bonds. The molecular formula is C16H19NO6. The molecular weight excluding hydrogens is 302 g/mol. The predicted octanol–water partition coefficient (Wildman–Crippen LogP) is -0.240. The number of hydrogen-bond donors (Lipinski definition) is 2. The molecule has 1 aromatic carbocycles. The molecule has 0 bridgehead atoms. The van der Waals surface area contributed by atoms with Crippen molar-refractivity contribution in [3.8, 4) is 0 Å². The van der Waals surface area contributed by atoms with Gasteiger partial charge in [-0.15, -0.1) is 0 Å². The standard InChI is InChI=1S/C16H19NO6/c17-14(10-12-4-2-1-3-5-12)16(21)23-9-8-22-15(20)7-6-13(19)11-18/h1-7,14,18H,8-11,17H2/b7-6+/t14-/m0/s1/i6D,7D. The van der Waals surface area contributed by atoms with Crippen LogP contribution in [0.25, 0.3) is 0 Å². The maximum absolute atomic E-state index is 11.7. The van der Waals surface area contributed by atoms with E-state index in [0.717, 1.165) is 5.56 Å². The summed E-state index contributed by atoms with van der Waals surface area (Å²) in [6, 6.07) is 6.33. The summed E-state index contributed by atoms with van der Waals surface area (Å²) in [4.78, 5) is 34.2. The molecule has 0 aliphatic carbocycles. The Balaban J connectivity index is 2.36. The first kappa shape index (κ1) is 15.4. The van der Waals surface area contributed by atoms with Crippen molar-refractivity contribution in [3.05, 3.63) is 48.0 Å². The van der Waals surface area contributed by atoms with Gasteiger partial charge in [0, 0.05) is 6.05 Å². The zero-order chi connectivity index (χ0) is 18.8. The highest BCUT2D eigenvalue weighted by Gasteiger charge is 2.15. The first-order valence-corrected chi connectivity index (χ1v) is 6.81. The molecule has 0 saturated heterocycles. The van der Waals surface area contributed by atoms with Crippen molar-refractivity contribution in [3.63, 3.8) is 0 Å². The lowest BCUT2D eigenvalue weighted by Crippen LogP contribution is -2.35. The van der Waals surface area contributed by atoms with Gasteiger partial charge in [-0.2, -0.15) is 0 Å². The second kappa shape index (κ2) is 10.3. The molecule has 3 N–H and O–H groups in total. The van der Waals surface area contributed by atoms with Gasteiger partial charge >= 0.3 is 11.9 Å². The van der Waals surface area contributed by atoms with Gasteiger partial charge in [-0.1, -0.05) is 30.3 Å². The first-order valence-electron chi connectivity index (χ1n) is 7.81. The molecule has 124 valence electrons. The van der Waals surface area contributed by atoms with Crippen LogP contribution in [0.3, 0.4) is 0 Å². The fraction of sp³-hybridized carbons (Fsp3) is 0.312. The maximum Gasteiger partial charge on any atom is 0.330 e. The highest BCUT2D eigenvalue weighted by Crippen LogP contribution is 2.02. The monoisotopic (exact) mass is 323 g/mol. The Hall–Kier alpha value is -2.51. The van der Waals surface area contributed by atoms with E-state index >= 15 is 0 Å². The number of ether oxygens (including phenoxy) is 2. The smallest absolute Gasteiger partial charge is 0.330 e. The number of aliphatic hydroxyl groups is 1. The zero-order valence-corrected chi connectivity index (χ0v) is 12.4. The number of carbonyl (C=O) groups is 3. The summed E-state index contributed by atoms with van der Waals surface area (Å²) in [6.07, 6.45) is 0.296. The van der Waals surface area contributed by atoms with Crippen molar-refractivity contribution in [1.82, 2.24) is 0 Å². The van der Waals surface area contributed by atoms with Gasteiger partial charge in [0.15, 0.2) is 5.78 Å². The molecule has 0 unspecified atom stereocenters. The van der Waals surface area contributed by atoms with Crippen molar-refractivity contribution < 1.29 is 31.7 Å². The van der Waals surface area contributed by atoms with E-state index in [9.17, 15) is 14.4 Å². The van der Waals surface area contributed by atoms with Gasteiger partial charge in [-0.3, -0.25) is 9.59 Å². The van der Waals surface area contributed by atoms with Crippen LogP contribution >= 0.6 is 0 Å². The van der Waals surface area contributed by atoms with Crippen LogP contribution in [0, 0.1) is 0 Å². The van der Waals surface area contributed by atoms with Crippen LogP contribution in [-0.4, -0.2) is 48.7 Å². The lowest BCUT2D eigenvalue weighted by Gasteiger charge is -2.11. The van der Waals surface area contributed by atoms with Gasteiger partial charge in [0.2, 0.25) is 0 Å². The number of benzene rings is 1. The van der Waals surface area contributed by atoms with Crippen LogP contribution in [0.5, 0.6) is 0 Å². The molecule has 0 aromatic heterocycles. The van der Waals surface area contributed by atoms with Crippen LogP contribution in [0.2, 0.25) is 0 Å². The van der Waals surface area contributed by atoms with Crippen molar-refractivity contribution in [2.75, 3.05) is 19.8 Å². The van der Waals surface area contributed by atoms with E-state index in [1.807, 2.05) is 30.3 Å². The third-order valence-electron chi connectivity index (χ3n) is 2.61. The van der Waals surface area contributed by atoms with Gasteiger partial charge in [-0.25, -0.2) is 4.79 Å². The van der Waals surface area contributed by atoms with Crippen LogP contribution in [0.4, 0.5) is 0 Å². The summed E-state index contributed by atoms with van der Waals surface area (Å²) in [5, 5.41) is 8.56. The molecule has 0 heterocycles. The number of hydrogen-bond acceptors (Lipinski definition) is 7. The Bertz CT molecular complexity index is 647. The van der Waals surface area contributed by atoms with Gasteiger partial charge in [0.1, 0.15) is 25.9 Å². The molecule has 1 aromatic rings. The second-order valence-electron chi connectivity index (χ2n) is 4.43. The number of rotatable bonds is 9. The highest BCUT2D eigenvalue weighted by molar-refractivity contribution is 5.96. The minimum atomic E-state index is -1.23. The topological polar surface area (TPSA) is 116 Å². The van der Waals surface area contributed by atoms with Crippen LogP contribution < -0.4 is 5.73 Å². The van der Waals surface area contributed by atoms with E-state index in [1.165, 1.54) is 0 Å². The van der Waals surface area contributed by atoms with Crippen LogP contribution in [0.1, 0.15) is 8.30 Å². The quantitative estimate of drug-likeness (QED) is 0.366. The molecule has 23 heavy (non-hydrogen) atoms. The van der Waals surface area contributed by atoms with Crippen molar-refractivity contribution >= 4 is 17.7 Å². The van der Waals surface area contributed by atoms with Crippen LogP contribution in [-0.2, 0) is 30.3 Å². The highest BCUT2D eigenvalue weighted by atomic mass is 16.6.